The Morgan fingerprint density at radius 2 is 1.86 bits per heavy atom. The van der Waals surface area contributed by atoms with Gasteiger partial charge in [-0.15, -0.1) is 0 Å². The molecule has 2 fully saturated rings. The lowest BCUT2D eigenvalue weighted by atomic mass is 9.84. The van der Waals surface area contributed by atoms with Crippen LogP contribution in [0, 0.1) is 0 Å². The minimum atomic E-state index is 0.0452. The lowest BCUT2D eigenvalue weighted by Gasteiger charge is -2.27. The highest BCUT2D eigenvalue weighted by Crippen LogP contribution is 2.39. The van der Waals surface area contributed by atoms with Crippen molar-refractivity contribution in [2.75, 3.05) is 13.2 Å². The molecule has 2 aliphatic rings. The number of hydrogen-bond donors (Lipinski definition) is 0. The summed E-state index contributed by atoms with van der Waals surface area (Å²) < 4.78 is 6.04. The van der Waals surface area contributed by atoms with Crippen LogP contribution in [0.25, 0.3) is 0 Å². The smallest absolute Gasteiger partial charge is 0.261 e. The van der Waals surface area contributed by atoms with Gasteiger partial charge in [0.15, 0.2) is 6.61 Å². The Kier molecular flexibility index (Phi) is 6.16. The summed E-state index contributed by atoms with van der Waals surface area (Å²) >= 11 is 6.25. The van der Waals surface area contributed by atoms with Crippen molar-refractivity contribution in [3.63, 3.8) is 0 Å². The van der Waals surface area contributed by atoms with Crippen molar-refractivity contribution in [1.29, 1.82) is 0 Å². The normalized spacial score (nSPS) is 20.3. The van der Waals surface area contributed by atoms with Gasteiger partial charge in [-0.1, -0.05) is 30.9 Å². The molecular weight excluding hydrogens is 372 g/mol. The molecule has 4 rings (SSSR count). The maximum Gasteiger partial charge on any atom is 0.261 e. The molecule has 1 atom stereocenters. The summed E-state index contributed by atoms with van der Waals surface area (Å²) in [6, 6.07) is 9.91. The Hall–Kier alpha value is -2.07. The minimum absolute atomic E-state index is 0.0452. The summed E-state index contributed by atoms with van der Waals surface area (Å²) in [5, 5.41) is 0.733. The average Bonchev–Trinajstić information content (AvgIpc) is 3.24. The van der Waals surface area contributed by atoms with Crippen molar-refractivity contribution in [3.05, 3.63) is 58.9 Å². The van der Waals surface area contributed by atoms with Gasteiger partial charge < -0.3 is 9.64 Å². The number of nitrogens with zero attached hydrogens (tertiary/aromatic N) is 2. The Bertz CT molecular complexity index is 806. The Morgan fingerprint density at radius 3 is 2.64 bits per heavy atom. The number of rotatable bonds is 5. The largest absolute Gasteiger partial charge is 0.483 e. The van der Waals surface area contributed by atoms with Crippen molar-refractivity contribution < 1.29 is 9.53 Å². The van der Waals surface area contributed by atoms with Gasteiger partial charge in [0, 0.05) is 24.0 Å². The van der Waals surface area contributed by atoms with E-state index in [2.05, 4.69) is 4.98 Å². The lowest BCUT2D eigenvalue weighted by Crippen LogP contribution is -2.34. The monoisotopic (exact) mass is 398 g/mol. The first-order valence-corrected chi connectivity index (χ1v) is 10.7. The second-order valence-corrected chi connectivity index (χ2v) is 8.27. The second kappa shape index (κ2) is 8.95. The van der Waals surface area contributed by atoms with Gasteiger partial charge >= 0.3 is 0 Å². The zero-order valence-corrected chi connectivity index (χ0v) is 16.9. The van der Waals surface area contributed by atoms with Crippen LogP contribution in [0.1, 0.15) is 68.0 Å². The highest BCUT2D eigenvalue weighted by molar-refractivity contribution is 6.30. The third-order valence-electron chi connectivity index (χ3n) is 6.03. The van der Waals surface area contributed by atoms with Gasteiger partial charge in [0.2, 0.25) is 0 Å². The van der Waals surface area contributed by atoms with E-state index in [1.54, 1.807) is 12.4 Å². The molecule has 1 aromatic carbocycles. The molecule has 0 spiro atoms. The van der Waals surface area contributed by atoms with Gasteiger partial charge in [-0.2, -0.15) is 0 Å². The quantitative estimate of drug-likeness (QED) is 0.665. The van der Waals surface area contributed by atoms with Gasteiger partial charge in [0.1, 0.15) is 5.75 Å². The summed E-state index contributed by atoms with van der Waals surface area (Å²) in [6.07, 6.45) is 11.7. The number of halogens is 1. The highest BCUT2D eigenvalue weighted by Gasteiger charge is 2.30. The molecule has 1 aliphatic carbocycles. The molecule has 28 heavy (non-hydrogen) atoms. The Morgan fingerprint density at radius 1 is 1.07 bits per heavy atom. The fourth-order valence-electron chi connectivity index (χ4n) is 4.60. The minimum Gasteiger partial charge on any atom is -0.483 e. The SMILES string of the molecule is O=C(COc1ccc(Cl)cc1C1CCCCC1)N1CCC[C@@H]1c1ccncc1. The third kappa shape index (κ3) is 4.33. The standard InChI is InChI=1S/C23H27ClN2O2/c24-19-8-9-22(20(15-19)17-5-2-1-3-6-17)28-16-23(27)26-14-4-7-21(26)18-10-12-25-13-11-18/h8-13,15,17,21H,1-7,14,16H2/t21-/m1/s1. The van der Waals surface area contributed by atoms with E-state index >= 15 is 0 Å². The molecule has 2 heterocycles. The molecule has 0 N–H and O–H groups in total. The molecule has 1 saturated heterocycles. The maximum absolute atomic E-state index is 12.9. The third-order valence-corrected chi connectivity index (χ3v) is 6.27. The summed E-state index contributed by atoms with van der Waals surface area (Å²) in [4.78, 5) is 19.0. The van der Waals surface area contributed by atoms with Gasteiger partial charge in [0.25, 0.3) is 5.91 Å². The molecule has 1 amide bonds. The number of pyridine rings is 1. The fourth-order valence-corrected chi connectivity index (χ4v) is 4.78. The molecule has 4 nitrogen and oxygen atoms in total. The highest BCUT2D eigenvalue weighted by atomic mass is 35.5. The topological polar surface area (TPSA) is 42.4 Å². The number of benzene rings is 1. The van der Waals surface area contributed by atoms with Crippen molar-refractivity contribution in [2.45, 2.75) is 56.9 Å². The van der Waals surface area contributed by atoms with Gasteiger partial charge in [0.05, 0.1) is 6.04 Å². The van der Waals surface area contributed by atoms with E-state index in [4.69, 9.17) is 16.3 Å². The summed E-state index contributed by atoms with van der Waals surface area (Å²) in [5.41, 5.74) is 2.31. The second-order valence-electron chi connectivity index (χ2n) is 7.83. The van der Waals surface area contributed by atoms with Gasteiger partial charge in [-0.05, 0) is 73.1 Å². The predicted molar refractivity (Wildman–Crippen MR) is 111 cm³/mol. The number of aromatic nitrogens is 1. The van der Waals surface area contributed by atoms with Crippen LogP contribution < -0.4 is 4.74 Å². The van der Waals surface area contributed by atoms with Crippen molar-refractivity contribution in [1.82, 2.24) is 9.88 Å². The van der Waals surface area contributed by atoms with Crippen LogP contribution in [-0.2, 0) is 4.79 Å². The van der Waals surface area contributed by atoms with Crippen LogP contribution in [0.2, 0.25) is 5.02 Å². The number of carbonyl (C=O) groups excluding carboxylic acids is 1. The first kappa shape index (κ1) is 19.3. The Labute approximate surface area is 171 Å². The number of hydrogen-bond acceptors (Lipinski definition) is 3. The molecule has 0 radical (unpaired) electrons. The van der Waals surface area contributed by atoms with E-state index in [1.807, 2.05) is 35.2 Å². The van der Waals surface area contributed by atoms with Crippen molar-refractivity contribution in [2.24, 2.45) is 0 Å². The van der Waals surface area contributed by atoms with Crippen LogP contribution in [0.3, 0.4) is 0 Å². The molecule has 2 aromatic rings. The zero-order valence-electron chi connectivity index (χ0n) is 16.1. The summed E-state index contributed by atoms with van der Waals surface area (Å²) in [5.74, 6) is 1.34. The number of amides is 1. The molecule has 0 unspecified atom stereocenters. The molecule has 0 bridgehead atoms. The number of likely N-dealkylation sites (tertiary alicyclic amines) is 1. The predicted octanol–water partition coefficient (Wildman–Crippen LogP) is 5.53. The van der Waals surface area contributed by atoms with Crippen LogP contribution in [0.15, 0.2) is 42.7 Å². The van der Waals surface area contributed by atoms with Gasteiger partial charge in [-0.3, -0.25) is 9.78 Å². The first-order valence-electron chi connectivity index (χ1n) is 10.3. The average molecular weight is 399 g/mol. The lowest BCUT2D eigenvalue weighted by molar-refractivity contribution is -0.134. The fraction of sp³-hybridized carbons (Fsp3) is 0.478. The Balaban J connectivity index is 1.45. The van der Waals surface area contributed by atoms with E-state index < -0.39 is 0 Å². The zero-order chi connectivity index (χ0) is 19.3. The van der Waals surface area contributed by atoms with Gasteiger partial charge in [-0.25, -0.2) is 0 Å². The van der Waals surface area contributed by atoms with E-state index in [0.717, 1.165) is 41.3 Å². The van der Waals surface area contributed by atoms with Crippen LogP contribution in [0.4, 0.5) is 0 Å². The molecule has 1 aliphatic heterocycles. The summed E-state index contributed by atoms with van der Waals surface area (Å²) in [6.45, 7) is 0.855. The molecule has 1 saturated carbocycles. The number of carbonyl (C=O) groups is 1. The van der Waals surface area contributed by atoms with Crippen LogP contribution in [0.5, 0.6) is 5.75 Å². The van der Waals surface area contributed by atoms with Crippen molar-refractivity contribution in [3.8, 4) is 5.75 Å². The van der Waals surface area contributed by atoms with E-state index in [0.29, 0.717) is 5.92 Å². The molecular formula is C23H27ClN2O2. The van der Waals surface area contributed by atoms with Crippen molar-refractivity contribution >= 4 is 17.5 Å². The van der Waals surface area contributed by atoms with E-state index in [9.17, 15) is 4.79 Å². The first-order chi connectivity index (χ1) is 13.7. The molecule has 1 aromatic heterocycles. The van der Waals surface area contributed by atoms with E-state index in [1.165, 1.54) is 32.1 Å². The molecule has 148 valence electrons. The molecule has 5 heteroatoms. The van der Waals surface area contributed by atoms with Crippen LogP contribution >= 0.6 is 11.6 Å². The summed E-state index contributed by atoms with van der Waals surface area (Å²) in [7, 11) is 0. The van der Waals surface area contributed by atoms with Crippen LogP contribution in [-0.4, -0.2) is 28.9 Å². The number of ether oxygens (including phenoxy) is 1. The van der Waals surface area contributed by atoms with E-state index in [-0.39, 0.29) is 18.6 Å². The maximum atomic E-state index is 12.9.